The minimum Gasteiger partial charge on any atom is -0.408 e. The van der Waals surface area contributed by atoms with E-state index in [0.717, 1.165) is 0 Å². The molecular formula is C21H23N3O6S2. The van der Waals surface area contributed by atoms with E-state index in [4.69, 9.17) is 4.42 Å². The summed E-state index contributed by atoms with van der Waals surface area (Å²) in [5.74, 6) is -0.757. The number of hydrogen-bond acceptors (Lipinski definition) is 7. The highest BCUT2D eigenvalue weighted by Gasteiger charge is 2.26. The molecule has 0 radical (unpaired) electrons. The molecule has 1 heterocycles. The van der Waals surface area contributed by atoms with Crippen molar-refractivity contribution in [3.05, 3.63) is 58.6 Å². The van der Waals surface area contributed by atoms with Crippen LogP contribution in [0.5, 0.6) is 0 Å². The smallest absolute Gasteiger partial charge is 0.408 e. The van der Waals surface area contributed by atoms with Gasteiger partial charge in [-0.05, 0) is 49.6 Å². The van der Waals surface area contributed by atoms with Crippen molar-refractivity contribution in [1.82, 2.24) is 9.29 Å². The predicted octanol–water partition coefficient (Wildman–Crippen LogP) is 2.37. The van der Waals surface area contributed by atoms with E-state index in [2.05, 4.69) is 10.0 Å². The number of fused-ring (bicyclic) bond motifs is 1. The average Bonchev–Trinajstić information content (AvgIpc) is 3.04. The number of benzene rings is 2. The lowest BCUT2D eigenvalue weighted by atomic mass is 10.1. The van der Waals surface area contributed by atoms with Gasteiger partial charge >= 0.3 is 5.76 Å². The van der Waals surface area contributed by atoms with Crippen LogP contribution in [0.2, 0.25) is 0 Å². The summed E-state index contributed by atoms with van der Waals surface area (Å²) in [4.78, 5) is 36.0. The number of carbonyl (C=O) groups excluding carboxylic acids is 2. The van der Waals surface area contributed by atoms with Crippen molar-refractivity contribution in [2.75, 3.05) is 17.3 Å². The number of thioether (sulfide) groups is 1. The molecule has 0 bridgehead atoms. The largest absolute Gasteiger partial charge is 0.419 e. The van der Waals surface area contributed by atoms with Crippen molar-refractivity contribution >= 4 is 50.3 Å². The maximum Gasteiger partial charge on any atom is 0.419 e. The minimum absolute atomic E-state index is 0.125. The zero-order chi connectivity index (χ0) is 23.5. The fourth-order valence-corrected chi connectivity index (χ4v) is 4.78. The Morgan fingerprint density at radius 1 is 1.19 bits per heavy atom. The molecule has 32 heavy (non-hydrogen) atoms. The number of oxazole rings is 1. The van der Waals surface area contributed by atoms with Crippen molar-refractivity contribution in [3.8, 4) is 0 Å². The van der Waals surface area contributed by atoms with E-state index in [9.17, 15) is 22.8 Å². The first-order chi connectivity index (χ1) is 15.1. The van der Waals surface area contributed by atoms with E-state index < -0.39 is 27.7 Å². The Morgan fingerprint density at radius 2 is 1.94 bits per heavy atom. The molecule has 2 N–H and O–H groups in total. The van der Waals surface area contributed by atoms with Crippen LogP contribution in [0, 0.1) is 0 Å². The summed E-state index contributed by atoms with van der Waals surface area (Å²) in [6, 6.07) is 9.44. The van der Waals surface area contributed by atoms with Crippen LogP contribution < -0.4 is 15.8 Å². The fourth-order valence-electron chi connectivity index (χ4n) is 3.06. The van der Waals surface area contributed by atoms with E-state index in [1.807, 2.05) is 6.26 Å². The number of nitrogens with zero attached hydrogens (tertiary/aromatic N) is 1. The molecule has 0 unspecified atom stereocenters. The van der Waals surface area contributed by atoms with Gasteiger partial charge in [0.2, 0.25) is 15.9 Å². The molecule has 0 saturated heterocycles. The Bertz CT molecular complexity index is 1330. The Morgan fingerprint density at radius 3 is 2.62 bits per heavy atom. The Labute approximate surface area is 189 Å². The van der Waals surface area contributed by atoms with E-state index >= 15 is 0 Å². The summed E-state index contributed by atoms with van der Waals surface area (Å²) in [6.07, 6.45) is 2.10. The number of ketones is 1. The zero-order valence-corrected chi connectivity index (χ0v) is 19.4. The standard InChI is InChI=1S/C21H23N3O6S2/c1-13(25)14-5-4-6-15(11-14)22-20(26)17(9-10-31-3)23-32(28,29)16-7-8-18-19(12-16)30-21(27)24(18)2/h4-8,11-12,17,23H,9-10H2,1-3H3,(H,22,26)/t17-/m1/s1. The summed E-state index contributed by atoms with van der Waals surface area (Å²) in [6.45, 7) is 1.42. The highest BCUT2D eigenvalue weighted by Crippen LogP contribution is 2.19. The molecule has 9 nitrogen and oxygen atoms in total. The molecule has 1 aromatic heterocycles. The molecule has 0 fully saturated rings. The first kappa shape index (κ1) is 23.8. The fraction of sp³-hybridized carbons (Fsp3) is 0.286. The maximum atomic E-state index is 13.0. The van der Waals surface area contributed by atoms with Gasteiger partial charge < -0.3 is 9.73 Å². The number of nitrogens with one attached hydrogen (secondary N) is 2. The third-order valence-electron chi connectivity index (χ3n) is 4.84. The predicted molar refractivity (Wildman–Crippen MR) is 124 cm³/mol. The number of aromatic nitrogens is 1. The monoisotopic (exact) mass is 477 g/mol. The molecule has 2 aromatic carbocycles. The summed E-state index contributed by atoms with van der Waals surface area (Å²) in [7, 11) is -2.57. The first-order valence-electron chi connectivity index (χ1n) is 9.65. The van der Waals surface area contributed by atoms with Gasteiger partial charge in [0.25, 0.3) is 0 Å². The van der Waals surface area contributed by atoms with Crippen LogP contribution in [0.3, 0.4) is 0 Å². The molecule has 3 aromatic rings. The van der Waals surface area contributed by atoms with Crippen molar-refractivity contribution in [2.24, 2.45) is 7.05 Å². The number of aryl methyl sites for hydroxylation is 1. The normalized spacial score (nSPS) is 12.6. The number of sulfonamides is 1. The highest BCUT2D eigenvalue weighted by molar-refractivity contribution is 7.98. The zero-order valence-electron chi connectivity index (χ0n) is 17.7. The second-order valence-electron chi connectivity index (χ2n) is 7.14. The van der Waals surface area contributed by atoms with Gasteiger partial charge in [-0.15, -0.1) is 0 Å². The molecule has 0 aliphatic rings. The molecule has 1 amide bonds. The summed E-state index contributed by atoms with van der Waals surface area (Å²) >= 11 is 1.48. The van der Waals surface area contributed by atoms with Crippen molar-refractivity contribution in [1.29, 1.82) is 0 Å². The number of anilines is 1. The topological polar surface area (TPSA) is 127 Å². The molecule has 170 valence electrons. The van der Waals surface area contributed by atoms with Gasteiger partial charge in [0.05, 0.1) is 10.4 Å². The average molecular weight is 478 g/mol. The van der Waals surface area contributed by atoms with Crippen molar-refractivity contribution in [3.63, 3.8) is 0 Å². The van der Waals surface area contributed by atoms with Crippen LogP contribution in [0.1, 0.15) is 23.7 Å². The van der Waals surface area contributed by atoms with Crippen LogP contribution >= 0.6 is 11.8 Å². The Hall–Kier alpha value is -2.89. The second-order valence-corrected chi connectivity index (χ2v) is 9.84. The van der Waals surface area contributed by atoms with Crippen molar-refractivity contribution < 1.29 is 22.4 Å². The van der Waals surface area contributed by atoms with Gasteiger partial charge in [-0.3, -0.25) is 14.2 Å². The summed E-state index contributed by atoms with van der Waals surface area (Å²) in [5.41, 5.74) is 1.41. The highest BCUT2D eigenvalue weighted by atomic mass is 32.2. The minimum atomic E-state index is -4.09. The summed E-state index contributed by atoms with van der Waals surface area (Å²) < 4.78 is 34.7. The van der Waals surface area contributed by atoms with Gasteiger partial charge in [0.1, 0.15) is 6.04 Å². The molecule has 11 heteroatoms. The van der Waals surface area contributed by atoms with E-state index in [0.29, 0.717) is 22.5 Å². The third-order valence-corrected chi connectivity index (χ3v) is 6.95. The number of amides is 1. The lowest BCUT2D eigenvalue weighted by Crippen LogP contribution is -2.44. The number of hydrogen-bond donors (Lipinski definition) is 2. The van der Waals surface area contributed by atoms with Crippen LogP contribution in [-0.4, -0.2) is 42.7 Å². The van der Waals surface area contributed by atoms with Gasteiger partial charge in [-0.1, -0.05) is 12.1 Å². The Kier molecular flexibility index (Phi) is 7.22. The van der Waals surface area contributed by atoms with Gasteiger partial charge in [-0.2, -0.15) is 16.5 Å². The van der Waals surface area contributed by atoms with E-state index in [-0.39, 0.29) is 22.7 Å². The van der Waals surface area contributed by atoms with Crippen LogP contribution in [0.4, 0.5) is 5.69 Å². The van der Waals surface area contributed by atoms with Gasteiger partial charge in [0.15, 0.2) is 11.4 Å². The second kappa shape index (κ2) is 9.72. The molecule has 0 saturated carbocycles. The quantitative estimate of drug-likeness (QED) is 0.453. The first-order valence-corrected chi connectivity index (χ1v) is 12.5. The van der Waals surface area contributed by atoms with Crippen LogP contribution in [-0.2, 0) is 21.9 Å². The van der Waals surface area contributed by atoms with Crippen molar-refractivity contribution in [2.45, 2.75) is 24.3 Å². The SMILES string of the molecule is CSCC[C@@H](NS(=O)(=O)c1ccc2c(c1)oc(=O)n2C)C(=O)Nc1cccc(C(C)=O)c1. The molecular weight excluding hydrogens is 454 g/mol. The van der Waals surface area contributed by atoms with Gasteiger partial charge in [-0.25, -0.2) is 13.2 Å². The van der Waals surface area contributed by atoms with E-state index in [1.165, 1.54) is 54.6 Å². The van der Waals surface area contributed by atoms with Crippen LogP contribution in [0.15, 0.2) is 56.6 Å². The van der Waals surface area contributed by atoms with Gasteiger partial charge in [0, 0.05) is 24.4 Å². The molecule has 1 atom stereocenters. The molecule has 3 rings (SSSR count). The lowest BCUT2D eigenvalue weighted by Gasteiger charge is -2.18. The summed E-state index contributed by atoms with van der Waals surface area (Å²) in [5, 5.41) is 2.67. The molecule has 0 aliphatic heterocycles. The lowest BCUT2D eigenvalue weighted by molar-refractivity contribution is -0.117. The molecule has 0 spiro atoms. The number of Topliss-reactive ketones (excluding diaryl/α,β-unsaturated/α-hetero) is 1. The Balaban J connectivity index is 1.85. The van der Waals surface area contributed by atoms with E-state index in [1.54, 1.807) is 18.2 Å². The third kappa shape index (κ3) is 5.29. The maximum absolute atomic E-state index is 13.0. The van der Waals surface area contributed by atoms with Crippen LogP contribution in [0.25, 0.3) is 11.1 Å². The number of rotatable bonds is 9. The number of carbonyl (C=O) groups is 2. The molecule has 0 aliphatic carbocycles.